The highest BCUT2D eigenvalue weighted by molar-refractivity contribution is 5.78. The first-order valence-electron chi connectivity index (χ1n) is 7.93. The van der Waals surface area contributed by atoms with E-state index in [0.717, 1.165) is 22.4 Å². The van der Waals surface area contributed by atoms with E-state index in [9.17, 15) is 4.79 Å². The maximum absolute atomic E-state index is 12.1. The molecule has 0 radical (unpaired) electrons. The second-order valence-electron chi connectivity index (χ2n) is 6.24. The molecule has 0 saturated heterocycles. The molecule has 122 valence electrons. The minimum Gasteiger partial charge on any atom is -0.484 e. The fraction of sp³-hybridized carbons (Fsp3) is 0.350. The van der Waals surface area contributed by atoms with Gasteiger partial charge in [-0.05, 0) is 74.6 Å². The highest BCUT2D eigenvalue weighted by atomic mass is 16.5. The van der Waals surface area contributed by atoms with Crippen LogP contribution in [0.4, 0.5) is 0 Å². The molecule has 0 bridgehead atoms. The summed E-state index contributed by atoms with van der Waals surface area (Å²) in [5.74, 6) is 0.617. The van der Waals surface area contributed by atoms with Crippen molar-refractivity contribution in [2.45, 2.75) is 40.7 Å². The first-order valence-corrected chi connectivity index (χ1v) is 7.93. The summed E-state index contributed by atoms with van der Waals surface area (Å²) in [5, 5.41) is 2.98. The fourth-order valence-electron chi connectivity index (χ4n) is 2.57. The molecule has 0 unspecified atom stereocenters. The van der Waals surface area contributed by atoms with E-state index in [-0.39, 0.29) is 18.6 Å². The summed E-state index contributed by atoms with van der Waals surface area (Å²) in [5.41, 5.74) is 5.85. The number of amides is 1. The molecule has 1 amide bonds. The Morgan fingerprint density at radius 3 is 2.26 bits per heavy atom. The zero-order valence-corrected chi connectivity index (χ0v) is 14.6. The summed E-state index contributed by atoms with van der Waals surface area (Å²) < 4.78 is 5.60. The van der Waals surface area contributed by atoms with Gasteiger partial charge in [-0.1, -0.05) is 24.3 Å². The van der Waals surface area contributed by atoms with Gasteiger partial charge in [0.2, 0.25) is 0 Å². The minimum atomic E-state index is -0.116. The highest BCUT2D eigenvalue weighted by Crippen LogP contribution is 2.18. The standard InChI is InChI=1S/C20H25NO2/c1-13-8-14(2)10-19(9-13)23-12-20(22)21-17(5)18-7-6-15(3)16(4)11-18/h6-11,17H,12H2,1-5H3,(H,21,22)/t17-/m1/s1. The third-order valence-electron chi connectivity index (χ3n) is 3.97. The lowest BCUT2D eigenvalue weighted by molar-refractivity contribution is -0.123. The van der Waals surface area contributed by atoms with Crippen molar-refractivity contribution in [3.05, 3.63) is 64.2 Å². The first kappa shape index (κ1) is 17.1. The Hall–Kier alpha value is -2.29. The molecule has 1 atom stereocenters. The Morgan fingerprint density at radius 1 is 1.00 bits per heavy atom. The van der Waals surface area contributed by atoms with Gasteiger partial charge in [0.15, 0.2) is 6.61 Å². The monoisotopic (exact) mass is 311 g/mol. The van der Waals surface area contributed by atoms with Crippen molar-refractivity contribution in [2.24, 2.45) is 0 Å². The molecule has 23 heavy (non-hydrogen) atoms. The van der Waals surface area contributed by atoms with E-state index >= 15 is 0 Å². The van der Waals surface area contributed by atoms with Crippen LogP contribution in [0.25, 0.3) is 0 Å². The lowest BCUT2D eigenvalue weighted by atomic mass is 10.0. The van der Waals surface area contributed by atoms with E-state index in [1.807, 2.05) is 32.9 Å². The molecule has 2 rings (SSSR count). The van der Waals surface area contributed by atoms with Crippen LogP contribution in [0.5, 0.6) is 5.75 Å². The highest BCUT2D eigenvalue weighted by Gasteiger charge is 2.11. The van der Waals surface area contributed by atoms with Gasteiger partial charge in [-0.25, -0.2) is 0 Å². The normalized spacial score (nSPS) is 11.9. The molecule has 0 saturated carbocycles. The van der Waals surface area contributed by atoms with Crippen LogP contribution in [0.15, 0.2) is 36.4 Å². The Morgan fingerprint density at radius 2 is 1.65 bits per heavy atom. The van der Waals surface area contributed by atoms with Crippen LogP contribution in [0, 0.1) is 27.7 Å². The molecule has 0 spiro atoms. The molecule has 3 nitrogen and oxygen atoms in total. The van der Waals surface area contributed by atoms with Crippen molar-refractivity contribution >= 4 is 5.91 Å². The fourth-order valence-corrected chi connectivity index (χ4v) is 2.57. The van der Waals surface area contributed by atoms with Crippen LogP contribution in [0.3, 0.4) is 0 Å². The summed E-state index contributed by atoms with van der Waals surface area (Å²) in [6, 6.07) is 12.2. The van der Waals surface area contributed by atoms with Crippen molar-refractivity contribution < 1.29 is 9.53 Å². The summed E-state index contributed by atoms with van der Waals surface area (Å²) in [6.45, 7) is 10.2. The van der Waals surface area contributed by atoms with Gasteiger partial charge >= 0.3 is 0 Å². The molecule has 1 N–H and O–H groups in total. The van der Waals surface area contributed by atoms with E-state index in [2.05, 4.69) is 43.4 Å². The zero-order valence-electron chi connectivity index (χ0n) is 14.6. The van der Waals surface area contributed by atoms with Gasteiger partial charge in [0.05, 0.1) is 6.04 Å². The van der Waals surface area contributed by atoms with E-state index in [0.29, 0.717) is 0 Å². The van der Waals surface area contributed by atoms with Gasteiger partial charge in [-0.2, -0.15) is 0 Å². The molecule has 0 aliphatic rings. The first-order chi connectivity index (χ1) is 10.8. The van der Waals surface area contributed by atoms with Gasteiger partial charge < -0.3 is 10.1 Å². The average molecular weight is 311 g/mol. The number of carbonyl (C=O) groups excluding carboxylic acids is 1. The van der Waals surface area contributed by atoms with E-state index < -0.39 is 0 Å². The molecule has 2 aromatic carbocycles. The molecule has 0 aromatic heterocycles. The Kier molecular flexibility index (Phi) is 5.43. The van der Waals surface area contributed by atoms with Crippen molar-refractivity contribution in [3.8, 4) is 5.75 Å². The topological polar surface area (TPSA) is 38.3 Å². The molecule has 0 aliphatic carbocycles. The van der Waals surface area contributed by atoms with Gasteiger partial charge in [0.25, 0.3) is 5.91 Å². The molecule has 0 fully saturated rings. The molecule has 3 heteroatoms. The van der Waals surface area contributed by atoms with Crippen molar-refractivity contribution in [1.82, 2.24) is 5.32 Å². The van der Waals surface area contributed by atoms with Crippen LogP contribution in [0.1, 0.15) is 40.8 Å². The lowest BCUT2D eigenvalue weighted by Gasteiger charge is -2.16. The predicted octanol–water partition coefficient (Wildman–Crippen LogP) is 4.18. The average Bonchev–Trinajstić information content (AvgIpc) is 2.47. The minimum absolute atomic E-state index is 0.0259. The largest absolute Gasteiger partial charge is 0.484 e. The number of benzene rings is 2. The SMILES string of the molecule is Cc1cc(C)cc(OCC(=O)N[C@H](C)c2ccc(C)c(C)c2)c1. The van der Waals surface area contributed by atoms with Crippen molar-refractivity contribution in [1.29, 1.82) is 0 Å². The number of hydrogen-bond acceptors (Lipinski definition) is 2. The number of ether oxygens (including phenoxy) is 1. The van der Waals surface area contributed by atoms with Crippen molar-refractivity contribution in [3.63, 3.8) is 0 Å². The van der Waals surface area contributed by atoms with Gasteiger partial charge in [0.1, 0.15) is 5.75 Å². The summed E-state index contributed by atoms with van der Waals surface area (Å²) >= 11 is 0. The molecule has 0 heterocycles. The number of hydrogen-bond donors (Lipinski definition) is 1. The second-order valence-corrected chi connectivity index (χ2v) is 6.24. The van der Waals surface area contributed by atoms with E-state index in [4.69, 9.17) is 4.74 Å². The van der Waals surface area contributed by atoms with Gasteiger partial charge in [-0.15, -0.1) is 0 Å². The Labute approximate surface area is 138 Å². The predicted molar refractivity (Wildman–Crippen MR) is 93.9 cm³/mol. The lowest BCUT2D eigenvalue weighted by Crippen LogP contribution is -2.31. The smallest absolute Gasteiger partial charge is 0.258 e. The maximum Gasteiger partial charge on any atom is 0.258 e. The van der Waals surface area contributed by atoms with Crippen molar-refractivity contribution in [2.75, 3.05) is 6.61 Å². The second kappa shape index (κ2) is 7.32. The number of aryl methyl sites for hydroxylation is 4. The van der Waals surface area contributed by atoms with Crippen LogP contribution < -0.4 is 10.1 Å². The molecule has 0 aliphatic heterocycles. The van der Waals surface area contributed by atoms with Crippen LogP contribution in [-0.4, -0.2) is 12.5 Å². The molecule has 2 aromatic rings. The molecular formula is C20H25NO2. The van der Waals surface area contributed by atoms with Crippen LogP contribution in [0.2, 0.25) is 0 Å². The third-order valence-corrected chi connectivity index (χ3v) is 3.97. The summed E-state index contributed by atoms with van der Waals surface area (Å²) in [6.07, 6.45) is 0. The number of nitrogens with one attached hydrogen (secondary N) is 1. The van der Waals surface area contributed by atoms with Gasteiger partial charge in [0, 0.05) is 0 Å². The third kappa shape index (κ3) is 4.85. The number of carbonyl (C=O) groups is 1. The summed E-state index contributed by atoms with van der Waals surface area (Å²) in [7, 11) is 0. The van der Waals surface area contributed by atoms with E-state index in [1.165, 1.54) is 11.1 Å². The Balaban J connectivity index is 1.92. The van der Waals surface area contributed by atoms with E-state index in [1.54, 1.807) is 0 Å². The maximum atomic E-state index is 12.1. The zero-order chi connectivity index (χ0) is 17.0. The van der Waals surface area contributed by atoms with Crippen LogP contribution >= 0.6 is 0 Å². The summed E-state index contributed by atoms with van der Waals surface area (Å²) in [4.78, 5) is 12.1. The van der Waals surface area contributed by atoms with Gasteiger partial charge in [-0.3, -0.25) is 4.79 Å². The molecular weight excluding hydrogens is 286 g/mol. The Bertz CT molecular complexity index is 687. The quantitative estimate of drug-likeness (QED) is 0.899. The van der Waals surface area contributed by atoms with Crippen LogP contribution in [-0.2, 0) is 4.79 Å². The number of rotatable bonds is 5.